The number of benzene rings is 1. The van der Waals surface area contributed by atoms with Crippen molar-refractivity contribution in [3.8, 4) is 17.1 Å². The molecule has 0 unspecified atom stereocenters. The fraction of sp³-hybridized carbons (Fsp3) is 0.292. The summed E-state index contributed by atoms with van der Waals surface area (Å²) in [5, 5.41) is 19.7. The Labute approximate surface area is 188 Å². The zero-order chi connectivity index (χ0) is 23.5. The molecule has 1 aromatic carbocycles. The molecule has 33 heavy (non-hydrogen) atoms. The average molecular weight is 453 g/mol. The van der Waals surface area contributed by atoms with E-state index >= 15 is 0 Å². The van der Waals surface area contributed by atoms with E-state index < -0.39 is 23.1 Å². The van der Waals surface area contributed by atoms with Gasteiger partial charge in [-0.2, -0.15) is 0 Å². The Hall–Kier alpha value is -3.85. The van der Waals surface area contributed by atoms with Gasteiger partial charge in [0.05, 0.1) is 24.7 Å². The van der Waals surface area contributed by atoms with Crippen LogP contribution < -0.4 is 5.43 Å². The van der Waals surface area contributed by atoms with Gasteiger partial charge in [-0.25, -0.2) is 4.79 Å². The maximum absolute atomic E-state index is 13.0. The largest absolute Gasteiger partial charge is 0.502 e. The quantitative estimate of drug-likeness (QED) is 0.583. The Bertz CT molecular complexity index is 1240. The number of ether oxygens (including phenoxy) is 1. The van der Waals surface area contributed by atoms with E-state index in [1.54, 1.807) is 36.1 Å². The first kappa shape index (κ1) is 22.3. The lowest BCUT2D eigenvalue weighted by Crippen LogP contribution is -2.41. The minimum atomic E-state index is -1.07. The number of carboxylic acids is 1. The van der Waals surface area contributed by atoms with Gasteiger partial charge in [0.2, 0.25) is 17.1 Å². The van der Waals surface area contributed by atoms with Gasteiger partial charge in [-0.1, -0.05) is 12.1 Å². The molecule has 172 valence electrons. The number of furan rings is 1. The molecule has 3 aromatic rings. The fourth-order valence-electron chi connectivity index (χ4n) is 3.80. The summed E-state index contributed by atoms with van der Waals surface area (Å²) in [4.78, 5) is 38.2. The Morgan fingerprint density at radius 1 is 1.09 bits per heavy atom. The van der Waals surface area contributed by atoms with Crippen molar-refractivity contribution in [2.45, 2.75) is 19.3 Å². The van der Waals surface area contributed by atoms with Crippen molar-refractivity contribution in [2.75, 3.05) is 26.3 Å². The fourth-order valence-corrected chi connectivity index (χ4v) is 3.80. The lowest BCUT2D eigenvalue weighted by molar-refractivity contribution is -0.135. The van der Waals surface area contributed by atoms with Crippen molar-refractivity contribution in [3.63, 3.8) is 0 Å². The van der Waals surface area contributed by atoms with Crippen LogP contribution in [0.5, 0.6) is 5.75 Å². The second-order valence-electron chi connectivity index (χ2n) is 7.77. The number of aromatic hydroxyl groups is 1. The van der Waals surface area contributed by atoms with Gasteiger partial charge in [0.25, 0.3) is 0 Å². The molecule has 0 bridgehead atoms. The lowest BCUT2D eigenvalue weighted by Gasteiger charge is -2.28. The minimum Gasteiger partial charge on any atom is -0.502 e. The first-order valence-electron chi connectivity index (χ1n) is 10.5. The van der Waals surface area contributed by atoms with Crippen LogP contribution in [0.15, 0.2) is 56.1 Å². The summed E-state index contributed by atoms with van der Waals surface area (Å²) in [5.74, 6) is -1.78. The molecule has 2 N–H and O–H groups in total. The van der Waals surface area contributed by atoms with E-state index in [-0.39, 0.29) is 29.4 Å². The number of aromatic carboxylic acids is 1. The van der Waals surface area contributed by atoms with E-state index in [9.17, 15) is 24.6 Å². The molecule has 1 aliphatic heterocycles. The van der Waals surface area contributed by atoms with Gasteiger partial charge >= 0.3 is 5.97 Å². The van der Waals surface area contributed by atoms with E-state index in [0.717, 1.165) is 0 Å². The Kier molecular flexibility index (Phi) is 6.32. The van der Waals surface area contributed by atoms with Gasteiger partial charge in [-0.15, -0.1) is 0 Å². The van der Waals surface area contributed by atoms with Gasteiger partial charge < -0.3 is 28.7 Å². The number of carbonyl (C=O) groups is 2. The van der Waals surface area contributed by atoms with Gasteiger partial charge in [-0.05, 0) is 31.2 Å². The third-order valence-corrected chi connectivity index (χ3v) is 5.50. The van der Waals surface area contributed by atoms with Crippen LogP contribution in [-0.4, -0.2) is 53.3 Å². The van der Waals surface area contributed by atoms with E-state index in [4.69, 9.17) is 13.6 Å². The van der Waals surface area contributed by atoms with E-state index in [0.29, 0.717) is 43.4 Å². The van der Waals surface area contributed by atoms with E-state index in [1.807, 2.05) is 0 Å². The zero-order valence-corrected chi connectivity index (χ0v) is 17.9. The highest BCUT2D eigenvalue weighted by Crippen LogP contribution is 2.36. The standard InChI is InChI=1S/C24H23NO8/c1-14-11-18(26)22(28)23(32-14)17(13-21(27)25-7-9-31-10-8-25)20-6-5-19(33-20)15-3-2-4-16(12-15)24(29)30/h2-6,11-12,17,28H,7-10,13H2,1H3,(H,29,30)/t17-/m0/s1. The summed E-state index contributed by atoms with van der Waals surface area (Å²) < 4.78 is 17.0. The summed E-state index contributed by atoms with van der Waals surface area (Å²) in [7, 11) is 0. The van der Waals surface area contributed by atoms with Crippen LogP contribution in [0.4, 0.5) is 0 Å². The van der Waals surface area contributed by atoms with Crippen LogP contribution in [0.3, 0.4) is 0 Å². The van der Waals surface area contributed by atoms with Gasteiger partial charge in [0.1, 0.15) is 17.3 Å². The summed E-state index contributed by atoms with van der Waals surface area (Å²) in [6, 6.07) is 10.7. The molecule has 0 radical (unpaired) electrons. The molecule has 0 spiro atoms. The Morgan fingerprint density at radius 2 is 1.85 bits per heavy atom. The number of carbonyl (C=O) groups excluding carboxylic acids is 1. The third kappa shape index (κ3) is 4.83. The molecule has 3 heterocycles. The predicted molar refractivity (Wildman–Crippen MR) is 116 cm³/mol. The first-order valence-corrected chi connectivity index (χ1v) is 10.5. The molecule has 1 saturated heterocycles. The zero-order valence-electron chi connectivity index (χ0n) is 17.9. The number of rotatable bonds is 6. The topological polar surface area (TPSA) is 130 Å². The summed E-state index contributed by atoms with van der Waals surface area (Å²) >= 11 is 0. The lowest BCUT2D eigenvalue weighted by atomic mass is 9.97. The number of hydrogen-bond donors (Lipinski definition) is 2. The van der Waals surface area contributed by atoms with Crippen molar-refractivity contribution >= 4 is 11.9 Å². The van der Waals surface area contributed by atoms with Gasteiger partial charge in [-0.3, -0.25) is 9.59 Å². The first-order chi connectivity index (χ1) is 15.8. The maximum Gasteiger partial charge on any atom is 0.335 e. The molecule has 0 aliphatic carbocycles. The third-order valence-electron chi connectivity index (χ3n) is 5.50. The number of morpholine rings is 1. The van der Waals surface area contributed by atoms with Crippen LogP contribution in [0.2, 0.25) is 0 Å². The van der Waals surface area contributed by atoms with Crippen molar-refractivity contribution in [2.24, 2.45) is 0 Å². The van der Waals surface area contributed by atoms with E-state index in [1.165, 1.54) is 18.2 Å². The molecule has 1 amide bonds. The molecular formula is C24H23NO8. The van der Waals surface area contributed by atoms with Crippen molar-refractivity contribution in [1.82, 2.24) is 4.90 Å². The van der Waals surface area contributed by atoms with Crippen LogP contribution in [0.1, 0.15) is 40.0 Å². The van der Waals surface area contributed by atoms with Crippen LogP contribution >= 0.6 is 0 Å². The van der Waals surface area contributed by atoms with Crippen molar-refractivity contribution in [1.29, 1.82) is 0 Å². The highest BCUT2D eigenvalue weighted by molar-refractivity contribution is 5.89. The summed E-state index contributed by atoms with van der Waals surface area (Å²) in [6.07, 6.45) is -0.0952. The molecule has 1 fully saturated rings. The summed E-state index contributed by atoms with van der Waals surface area (Å²) in [5.41, 5.74) is 0.0275. The average Bonchev–Trinajstić information content (AvgIpc) is 3.30. The molecule has 9 heteroatoms. The monoisotopic (exact) mass is 453 g/mol. The Morgan fingerprint density at radius 3 is 2.58 bits per heavy atom. The van der Waals surface area contributed by atoms with Crippen molar-refractivity contribution < 1.29 is 33.4 Å². The molecule has 1 aliphatic rings. The molecule has 1 atom stereocenters. The van der Waals surface area contributed by atoms with Gasteiger partial charge in [0, 0.05) is 31.1 Å². The molecule has 0 saturated carbocycles. The van der Waals surface area contributed by atoms with E-state index in [2.05, 4.69) is 0 Å². The number of carboxylic acid groups (broad SMARTS) is 1. The normalized spacial score (nSPS) is 14.8. The highest BCUT2D eigenvalue weighted by atomic mass is 16.5. The predicted octanol–water partition coefficient (Wildman–Crippen LogP) is 2.99. The SMILES string of the molecule is Cc1cc(=O)c(O)c([C@@H](CC(=O)N2CCOCC2)c2ccc(-c3cccc(C(=O)O)c3)o2)o1. The van der Waals surface area contributed by atoms with Crippen LogP contribution in [-0.2, 0) is 9.53 Å². The number of nitrogens with zero attached hydrogens (tertiary/aromatic N) is 1. The summed E-state index contributed by atoms with van der Waals surface area (Å²) in [6.45, 7) is 3.34. The number of aryl methyl sites for hydroxylation is 1. The number of amides is 1. The molecular weight excluding hydrogens is 430 g/mol. The number of hydrogen-bond acceptors (Lipinski definition) is 7. The van der Waals surface area contributed by atoms with Crippen LogP contribution in [0.25, 0.3) is 11.3 Å². The van der Waals surface area contributed by atoms with Crippen LogP contribution in [0, 0.1) is 6.92 Å². The smallest absolute Gasteiger partial charge is 0.335 e. The van der Waals surface area contributed by atoms with Crippen molar-refractivity contribution in [3.05, 3.63) is 75.5 Å². The second kappa shape index (κ2) is 9.33. The molecule has 4 rings (SSSR count). The Balaban J connectivity index is 1.72. The van der Waals surface area contributed by atoms with Gasteiger partial charge in [0.15, 0.2) is 5.76 Å². The minimum absolute atomic E-state index is 0.0539. The maximum atomic E-state index is 13.0. The molecule has 2 aromatic heterocycles. The highest BCUT2D eigenvalue weighted by Gasteiger charge is 2.31. The second-order valence-corrected chi connectivity index (χ2v) is 7.77. The molecule has 9 nitrogen and oxygen atoms in total.